The van der Waals surface area contributed by atoms with E-state index in [1.165, 1.54) is 6.07 Å². The molecule has 0 aromatic heterocycles. The molecule has 3 heteroatoms. The van der Waals surface area contributed by atoms with Gasteiger partial charge in [-0.15, -0.1) is 0 Å². The predicted molar refractivity (Wildman–Crippen MR) is 97.3 cm³/mol. The summed E-state index contributed by atoms with van der Waals surface area (Å²) < 4.78 is 28.4. The third-order valence-corrected chi connectivity index (χ3v) is 3.58. The van der Waals surface area contributed by atoms with Crippen LogP contribution in [0.15, 0.2) is 78.8 Å². The molecule has 0 heterocycles. The lowest BCUT2D eigenvalue weighted by molar-refractivity contribution is 0.256. The minimum atomic E-state index is 0.0470. The maximum atomic E-state index is 8.99. The fourth-order valence-electron chi connectivity index (χ4n) is 2.31. The summed E-state index contributed by atoms with van der Waals surface area (Å²) in [5, 5.41) is 8.99. The zero-order valence-electron chi connectivity index (χ0n) is 15.7. The molecular formula is C22H19NO2. The van der Waals surface area contributed by atoms with Gasteiger partial charge in [-0.3, -0.25) is 0 Å². The number of nitriles is 1. The molecule has 0 fully saturated rings. The highest BCUT2D eigenvalue weighted by molar-refractivity contribution is 5.44. The van der Waals surface area contributed by atoms with Gasteiger partial charge in [0.05, 0.1) is 15.2 Å². The van der Waals surface area contributed by atoms with Crippen molar-refractivity contribution in [3.05, 3.63) is 95.5 Å². The number of nitrogens with zero attached hydrogens (tertiary/aromatic N) is 1. The lowest BCUT2D eigenvalue weighted by Crippen LogP contribution is -2.01. The first kappa shape index (κ1) is 14.1. The van der Waals surface area contributed by atoms with Crippen LogP contribution in [0.25, 0.3) is 0 Å². The summed E-state index contributed by atoms with van der Waals surface area (Å²) in [6, 6.07) is 22.9. The van der Waals surface area contributed by atoms with E-state index in [4.69, 9.17) is 17.5 Å². The molecule has 0 saturated heterocycles. The van der Waals surface area contributed by atoms with Gasteiger partial charge in [0.2, 0.25) is 0 Å². The molecule has 3 aromatic carbocycles. The van der Waals surface area contributed by atoms with Crippen LogP contribution in [0.1, 0.15) is 19.4 Å². The third-order valence-electron chi connectivity index (χ3n) is 3.58. The summed E-state index contributed by atoms with van der Waals surface area (Å²) in [5.74, 6) is 0.425. The normalized spacial score (nSPS) is 11.2. The number of rotatable bonds is 7. The van der Waals surface area contributed by atoms with Gasteiger partial charge in [0.1, 0.15) is 13.2 Å². The SMILES string of the molecule is [2H]c1cc(CC#N)c([2H])c(OCc2ccccc2)c1OCc1ccccc1. The minimum absolute atomic E-state index is 0.0470. The number of hydrogen-bond donors (Lipinski definition) is 0. The highest BCUT2D eigenvalue weighted by Crippen LogP contribution is 2.30. The molecule has 0 amide bonds. The van der Waals surface area contributed by atoms with Gasteiger partial charge in [0.25, 0.3) is 0 Å². The van der Waals surface area contributed by atoms with E-state index in [9.17, 15) is 0 Å². The van der Waals surface area contributed by atoms with Crippen molar-refractivity contribution >= 4 is 0 Å². The van der Waals surface area contributed by atoms with Crippen LogP contribution in [-0.4, -0.2) is 0 Å². The van der Waals surface area contributed by atoms with Crippen molar-refractivity contribution in [3.63, 3.8) is 0 Å². The number of benzene rings is 3. The number of hydrogen-bond acceptors (Lipinski definition) is 3. The van der Waals surface area contributed by atoms with E-state index in [2.05, 4.69) is 0 Å². The average molecular weight is 331 g/mol. The van der Waals surface area contributed by atoms with E-state index in [0.717, 1.165) is 11.1 Å². The summed E-state index contributed by atoms with van der Waals surface area (Å²) in [6.45, 7) is 0.523. The van der Waals surface area contributed by atoms with E-state index in [-0.39, 0.29) is 43.2 Å². The monoisotopic (exact) mass is 331 g/mol. The van der Waals surface area contributed by atoms with Crippen LogP contribution in [-0.2, 0) is 19.6 Å². The third kappa shape index (κ3) is 4.86. The second-order valence-electron chi connectivity index (χ2n) is 5.48. The van der Waals surface area contributed by atoms with Crippen molar-refractivity contribution in [3.8, 4) is 17.6 Å². The van der Waals surface area contributed by atoms with E-state index in [1.54, 1.807) is 0 Å². The average Bonchev–Trinajstić information content (AvgIpc) is 2.70. The largest absolute Gasteiger partial charge is 0.485 e. The Hall–Kier alpha value is -3.25. The van der Waals surface area contributed by atoms with Crippen LogP contribution >= 0.6 is 0 Å². The van der Waals surface area contributed by atoms with Crippen LogP contribution in [0.2, 0.25) is 0 Å². The van der Waals surface area contributed by atoms with Gasteiger partial charge < -0.3 is 9.47 Å². The van der Waals surface area contributed by atoms with Crippen molar-refractivity contribution in [2.75, 3.05) is 0 Å². The van der Waals surface area contributed by atoms with Gasteiger partial charge >= 0.3 is 0 Å². The number of ether oxygens (including phenoxy) is 2. The lowest BCUT2D eigenvalue weighted by atomic mass is 10.1. The highest BCUT2D eigenvalue weighted by Gasteiger charge is 2.08. The minimum Gasteiger partial charge on any atom is -0.485 e. The Morgan fingerprint density at radius 3 is 1.88 bits per heavy atom. The molecule has 0 aliphatic carbocycles. The second kappa shape index (κ2) is 8.56. The molecule has 0 unspecified atom stereocenters. The van der Waals surface area contributed by atoms with Crippen molar-refractivity contribution in [2.45, 2.75) is 19.6 Å². The maximum Gasteiger partial charge on any atom is 0.162 e. The molecule has 0 spiro atoms. The van der Waals surface area contributed by atoms with Gasteiger partial charge in [-0.2, -0.15) is 5.26 Å². The van der Waals surface area contributed by atoms with Gasteiger partial charge in [-0.1, -0.05) is 66.7 Å². The molecule has 0 saturated carbocycles. The van der Waals surface area contributed by atoms with Crippen molar-refractivity contribution in [1.29, 1.82) is 5.26 Å². The smallest absolute Gasteiger partial charge is 0.162 e. The Morgan fingerprint density at radius 2 is 1.32 bits per heavy atom. The molecule has 0 radical (unpaired) electrons. The summed E-state index contributed by atoms with van der Waals surface area (Å²) in [5.41, 5.74) is 2.36. The highest BCUT2D eigenvalue weighted by atomic mass is 16.5. The zero-order valence-corrected chi connectivity index (χ0v) is 13.7. The van der Waals surface area contributed by atoms with Crippen LogP contribution in [0.3, 0.4) is 0 Å². The molecule has 3 rings (SSSR count). The maximum absolute atomic E-state index is 8.99. The Balaban J connectivity index is 1.89. The molecule has 25 heavy (non-hydrogen) atoms. The van der Waals surface area contributed by atoms with Crippen LogP contribution in [0.5, 0.6) is 11.5 Å². The fraction of sp³-hybridized carbons (Fsp3) is 0.136. The van der Waals surface area contributed by atoms with E-state index in [1.807, 2.05) is 66.7 Å². The van der Waals surface area contributed by atoms with Gasteiger partial charge in [0, 0.05) is 0 Å². The summed E-state index contributed by atoms with van der Waals surface area (Å²) >= 11 is 0. The summed E-state index contributed by atoms with van der Waals surface area (Å²) in [7, 11) is 0. The lowest BCUT2D eigenvalue weighted by Gasteiger charge is -2.14. The standard InChI is InChI=1S/C22H19NO2/c23-14-13-18-11-12-21(24-16-19-7-3-1-4-8-19)22(15-18)25-17-20-9-5-2-6-10-20/h1-12,15H,13,16-17H2/i12D,15D. The Kier molecular flexibility index (Phi) is 4.84. The summed E-state index contributed by atoms with van der Waals surface area (Å²) in [6.07, 6.45) is 0.0470. The second-order valence-corrected chi connectivity index (χ2v) is 5.48. The van der Waals surface area contributed by atoms with E-state index < -0.39 is 0 Å². The first-order chi connectivity index (χ1) is 13.2. The molecule has 0 bridgehead atoms. The first-order valence-corrected chi connectivity index (χ1v) is 8.02. The zero-order chi connectivity index (χ0) is 19.1. The van der Waals surface area contributed by atoms with Crippen molar-refractivity contribution in [1.82, 2.24) is 0 Å². The molecule has 124 valence electrons. The van der Waals surface area contributed by atoms with Gasteiger partial charge in [0.15, 0.2) is 11.5 Å². The Labute approximate surface area is 150 Å². The van der Waals surface area contributed by atoms with Gasteiger partial charge in [-0.05, 0) is 28.8 Å². The predicted octanol–water partition coefficient (Wildman–Crippen LogP) is 4.91. The van der Waals surface area contributed by atoms with Crippen LogP contribution in [0.4, 0.5) is 0 Å². The van der Waals surface area contributed by atoms with Crippen molar-refractivity contribution < 1.29 is 12.2 Å². The van der Waals surface area contributed by atoms with Crippen molar-refractivity contribution in [2.24, 2.45) is 0 Å². The molecule has 0 aliphatic heterocycles. The van der Waals surface area contributed by atoms with Crippen LogP contribution < -0.4 is 9.47 Å². The summed E-state index contributed by atoms with van der Waals surface area (Å²) in [4.78, 5) is 0. The van der Waals surface area contributed by atoms with Gasteiger partial charge in [-0.25, -0.2) is 0 Å². The van der Waals surface area contributed by atoms with E-state index >= 15 is 0 Å². The van der Waals surface area contributed by atoms with Crippen LogP contribution in [0, 0.1) is 11.3 Å². The molecule has 3 nitrogen and oxygen atoms in total. The molecule has 0 N–H and O–H groups in total. The molecule has 0 atom stereocenters. The molecular weight excluding hydrogens is 310 g/mol. The fourth-order valence-corrected chi connectivity index (χ4v) is 2.31. The Morgan fingerprint density at radius 1 is 0.760 bits per heavy atom. The Bertz CT molecular complexity index is 938. The van der Waals surface area contributed by atoms with E-state index in [0.29, 0.717) is 5.56 Å². The quantitative estimate of drug-likeness (QED) is 0.618. The first-order valence-electron chi connectivity index (χ1n) is 9.02. The topological polar surface area (TPSA) is 42.2 Å². The molecule has 0 aliphatic rings. The molecule has 3 aromatic rings.